The van der Waals surface area contributed by atoms with E-state index in [1.165, 1.54) is 5.56 Å². The lowest BCUT2D eigenvalue weighted by atomic mass is 10.1. The molecule has 5 heteroatoms. The molecule has 2 aromatic carbocycles. The molecule has 0 spiro atoms. The number of aryl methyl sites for hydroxylation is 1. The van der Waals surface area contributed by atoms with Gasteiger partial charge in [0.2, 0.25) is 0 Å². The SMILES string of the molecule is CCCn1c(SCc2cccc(C#N)c2)nnc1-c1cccc(C)c1. The molecule has 4 nitrogen and oxygen atoms in total. The van der Waals surface area contributed by atoms with Gasteiger partial charge in [-0.2, -0.15) is 5.26 Å². The monoisotopic (exact) mass is 348 g/mol. The first-order valence-corrected chi connectivity index (χ1v) is 9.32. The van der Waals surface area contributed by atoms with Crippen molar-refractivity contribution in [2.45, 2.75) is 37.7 Å². The van der Waals surface area contributed by atoms with E-state index in [2.05, 4.69) is 58.9 Å². The van der Waals surface area contributed by atoms with Crippen molar-refractivity contribution in [3.63, 3.8) is 0 Å². The van der Waals surface area contributed by atoms with Crippen LogP contribution in [0.2, 0.25) is 0 Å². The molecule has 1 aromatic heterocycles. The number of nitrogens with zero attached hydrogens (tertiary/aromatic N) is 4. The number of hydrogen-bond acceptors (Lipinski definition) is 4. The molecule has 0 radical (unpaired) electrons. The lowest BCUT2D eigenvalue weighted by Crippen LogP contribution is -2.02. The van der Waals surface area contributed by atoms with Crippen molar-refractivity contribution < 1.29 is 0 Å². The van der Waals surface area contributed by atoms with E-state index in [0.717, 1.165) is 40.8 Å². The van der Waals surface area contributed by atoms with Gasteiger partial charge >= 0.3 is 0 Å². The van der Waals surface area contributed by atoms with Gasteiger partial charge in [-0.1, -0.05) is 54.6 Å². The zero-order chi connectivity index (χ0) is 17.6. The van der Waals surface area contributed by atoms with Crippen molar-refractivity contribution in [1.82, 2.24) is 14.8 Å². The lowest BCUT2D eigenvalue weighted by molar-refractivity contribution is 0.626. The Hall–Kier alpha value is -2.58. The molecule has 0 amide bonds. The average molecular weight is 348 g/mol. The van der Waals surface area contributed by atoms with Gasteiger partial charge in [-0.25, -0.2) is 0 Å². The normalized spacial score (nSPS) is 10.6. The summed E-state index contributed by atoms with van der Waals surface area (Å²) < 4.78 is 2.19. The number of hydrogen-bond donors (Lipinski definition) is 0. The molecule has 0 atom stereocenters. The van der Waals surface area contributed by atoms with E-state index in [1.807, 2.05) is 24.3 Å². The van der Waals surface area contributed by atoms with Crippen LogP contribution in [-0.4, -0.2) is 14.8 Å². The van der Waals surface area contributed by atoms with Gasteiger partial charge in [0.05, 0.1) is 11.6 Å². The summed E-state index contributed by atoms with van der Waals surface area (Å²) in [4.78, 5) is 0. The van der Waals surface area contributed by atoms with E-state index in [4.69, 9.17) is 5.26 Å². The smallest absolute Gasteiger partial charge is 0.191 e. The van der Waals surface area contributed by atoms with Gasteiger partial charge in [0, 0.05) is 17.9 Å². The molecule has 0 aliphatic carbocycles. The summed E-state index contributed by atoms with van der Waals surface area (Å²) in [6.07, 6.45) is 1.02. The highest BCUT2D eigenvalue weighted by atomic mass is 32.2. The minimum absolute atomic E-state index is 0.688. The third-order valence-electron chi connectivity index (χ3n) is 3.86. The second-order valence-electron chi connectivity index (χ2n) is 5.93. The van der Waals surface area contributed by atoms with Crippen LogP contribution in [0.1, 0.15) is 30.0 Å². The number of thioether (sulfide) groups is 1. The lowest BCUT2D eigenvalue weighted by Gasteiger charge is -2.09. The molecule has 0 saturated carbocycles. The molecule has 3 aromatic rings. The van der Waals surface area contributed by atoms with E-state index in [9.17, 15) is 0 Å². The van der Waals surface area contributed by atoms with Crippen molar-refractivity contribution in [2.75, 3.05) is 0 Å². The molecule has 3 rings (SSSR count). The van der Waals surface area contributed by atoms with Crippen LogP contribution >= 0.6 is 11.8 Å². The van der Waals surface area contributed by atoms with Gasteiger partial charge in [0.15, 0.2) is 11.0 Å². The molecule has 25 heavy (non-hydrogen) atoms. The van der Waals surface area contributed by atoms with Crippen molar-refractivity contribution in [3.8, 4) is 17.5 Å². The maximum Gasteiger partial charge on any atom is 0.191 e. The Labute approximate surface area is 152 Å². The summed E-state index contributed by atoms with van der Waals surface area (Å²) in [5.41, 5.74) is 4.12. The Balaban J connectivity index is 1.85. The quantitative estimate of drug-likeness (QED) is 0.599. The number of rotatable bonds is 6. The van der Waals surface area contributed by atoms with Gasteiger partial charge in [0.1, 0.15) is 0 Å². The predicted octanol–water partition coefficient (Wildman–Crippen LogP) is 4.83. The average Bonchev–Trinajstić information content (AvgIpc) is 3.03. The zero-order valence-corrected chi connectivity index (χ0v) is 15.3. The van der Waals surface area contributed by atoms with Crippen LogP contribution in [0.5, 0.6) is 0 Å². The minimum atomic E-state index is 0.688. The van der Waals surface area contributed by atoms with Crippen molar-refractivity contribution in [2.24, 2.45) is 0 Å². The first kappa shape index (κ1) is 17.2. The molecule has 0 saturated heterocycles. The molecule has 0 aliphatic heterocycles. The standard InChI is InChI=1S/C20H20N4S/c1-3-10-24-19(18-9-4-6-15(2)11-18)22-23-20(24)25-14-17-8-5-7-16(12-17)13-21/h4-9,11-12H,3,10,14H2,1-2H3. The first-order chi connectivity index (χ1) is 12.2. The van der Waals surface area contributed by atoms with E-state index in [0.29, 0.717) is 5.56 Å². The van der Waals surface area contributed by atoms with Crippen LogP contribution in [0.4, 0.5) is 0 Å². The maximum absolute atomic E-state index is 9.03. The third-order valence-corrected chi connectivity index (χ3v) is 4.90. The van der Waals surface area contributed by atoms with Crippen LogP contribution in [0.15, 0.2) is 53.7 Å². The van der Waals surface area contributed by atoms with Crippen molar-refractivity contribution >= 4 is 11.8 Å². The number of benzene rings is 2. The topological polar surface area (TPSA) is 54.5 Å². The predicted molar refractivity (Wildman–Crippen MR) is 101 cm³/mol. The van der Waals surface area contributed by atoms with Crippen LogP contribution in [0, 0.1) is 18.3 Å². The molecular formula is C20H20N4S. The highest BCUT2D eigenvalue weighted by Gasteiger charge is 2.14. The molecule has 0 unspecified atom stereocenters. The van der Waals surface area contributed by atoms with Gasteiger partial charge < -0.3 is 4.57 Å². The molecule has 126 valence electrons. The molecular weight excluding hydrogens is 328 g/mol. The van der Waals surface area contributed by atoms with Crippen LogP contribution in [0.25, 0.3) is 11.4 Å². The van der Waals surface area contributed by atoms with E-state index in [1.54, 1.807) is 11.8 Å². The first-order valence-electron chi connectivity index (χ1n) is 8.33. The summed E-state index contributed by atoms with van der Waals surface area (Å²) >= 11 is 1.66. The van der Waals surface area contributed by atoms with Crippen LogP contribution < -0.4 is 0 Å². The molecule has 0 aliphatic rings. The Morgan fingerprint density at radius 2 is 1.96 bits per heavy atom. The Bertz CT molecular complexity index is 908. The maximum atomic E-state index is 9.03. The molecule has 0 N–H and O–H groups in total. The minimum Gasteiger partial charge on any atom is -0.302 e. The largest absolute Gasteiger partial charge is 0.302 e. The summed E-state index contributed by atoms with van der Waals surface area (Å²) in [6.45, 7) is 5.13. The number of aromatic nitrogens is 3. The van der Waals surface area contributed by atoms with Gasteiger partial charge in [-0.15, -0.1) is 10.2 Å². The molecule has 1 heterocycles. The summed E-state index contributed by atoms with van der Waals surface area (Å²) in [5.74, 6) is 1.68. The van der Waals surface area contributed by atoms with E-state index in [-0.39, 0.29) is 0 Å². The second kappa shape index (κ2) is 8.00. The Morgan fingerprint density at radius 3 is 2.72 bits per heavy atom. The van der Waals surface area contributed by atoms with Crippen molar-refractivity contribution in [1.29, 1.82) is 5.26 Å². The fraction of sp³-hybridized carbons (Fsp3) is 0.250. The summed E-state index contributed by atoms with van der Waals surface area (Å²) in [5, 5.41) is 18.8. The molecule has 0 fully saturated rings. The van der Waals surface area contributed by atoms with Crippen molar-refractivity contribution in [3.05, 3.63) is 65.2 Å². The Morgan fingerprint density at radius 1 is 1.12 bits per heavy atom. The summed E-state index contributed by atoms with van der Waals surface area (Å²) in [7, 11) is 0. The van der Waals surface area contributed by atoms with E-state index < -0.39 is 0 Å². The summed E-state index contributed by atoms with van der Waals surface area (Å²) in [6, 6.07) is 18.2. The van der Waals surface area contributed by atoms with Gasteiger partial charge in [-0.05, 0) is 37.1 Å². The highest BCUT2D eigenvalue weighted by molar-refractivity contribution is 7.98. The third kappa shape index (κ3) is 4.09. The van der Waals surface area contributed by atoms with Gasteiger partial charge in [0.25, 0.3) is 0 Å². The molecule has 0 bridgehead atoms. The zero-order valence-electron chi connectivity index (χ0n) is 14.4. The van der Waals surface area contributed by atoms with Gasteiger partial charge in [-0.3, -0.25) is 0 Å². The number of nitriles is 1. The fourth-order valence-corrected chi connectivity index (χ4v) is 3.60. The fourth-order valence-electron chi connectivity index (χ4n) is 2.70. The van der Waals surface area contributed by atoms with Crippen LogP contribution in [0.3, 0.4) is 0 Å². The second-order valence-corrected chi connectivity index (χ2v) is 6.87. The van der Waals surface area contributed by atoms with E-state index >= 15 is 0 Å². The highest BCUT2D eigenvalue weighted by Crippen LogP contribution is 2.27. The Kier molecular flexibility index (Phi) is 5.52. The van der Waals surface area contributed by atoms with Crippen LogP contribution in [-0.2, 0) is 12.3 Å².